The van der Waals surface area contributed by atoms with E-state index < -0.39 is 0 Å². The van der Waals surface area contributed by atoms with Gasteiger partial charge < -0.3 is 10.2 Å². The topological polar surface area (TPSA) is 49.4 Å². The van der Waals surface area contributed by atoms with Crippen molar-refractivity contribution >= 4 is 11.8 Å². The van der Waals surface area contributed by atoms with E-state index in [2.05, 4.69) is 17.4 Å². The van der Waals surface area contributed by atoms with Crippen LogP contribution in [0.4, 0.5) is 0 Å². The Bertz CT molecular complexity index is 487. The van der Waals surface area contributed by atoms with Crippen LogP contribution in [-0.4, -0.2) is 35.3 Å². The highest BCUT2D eigenvalue weighted by atomic mass is 16.2. The van der Waals surface area contributed by atoms with Gasteiger partial charge in [-0.3, -0.25) is 9.59 Å². The van der Waals surface area contributed by atoms with Gasteiger partial charge in [-0.05, 0) is 31.7 Å². The first-order chi connectivity index (χ1) is 10.1. The molecule has 1 aliphatic heterocycles. The number of hydrogen-bond donors (Lipinski definition) is 1. The van der Waals surface area contributed by atoms with Crippen LogP contribution in [0.1, 0.15) is 38.7 Å². The van der Waals surface area contributed by atoms with Gasteiger partial charge in [-0.15, -0.1) is 0 Å². The molecule has 1 N–H and O–H groups in total. The summed E-state index contributed by atoms with van der Waals surface area (Å²) < 4.78 is 0. The van der Waals surface area contributed by atoms with E-state index in [9.17, 15) is 9.59 Å². The molecule has 1 fully saturated rings. The Balaban J connectivity index is 1.95. The predicted octanol–water partition coefficient (Wildman–Crippen LogP) is 2.13. The fraction of sp³-hybridized carbons (Fsp3) is 0.529. The minimum Gasteiger partial charge on any atom is -0.344 e. The maximum absolute atomic E-state index is 12.5. The third-order valence-corrected chi connectivity index (χ3v) is 4.04. The minimum absolute atomic E-state index is 0.0201. The lowest BCUT2D eigenvalue weighted by molar-refractivity contribution is -0.135. The third-order valence-electron chi connectivity index (χ3n) is 4.04. The molecule has 0 bridgehead atoms. The van der Waals surface area contributed by atoms with Crippen molar-refractivity contribution in [2.24, 2.45) is 0 Å². The van der Waals surface area contributed by atoms with Crippen LogP contribution >= 0.6 is 0 Å². The molecule has 1 saturated heterocycles. The monoisotopic (exact) mass is 288 g/mol. The molecule has 21 heavy (non-hydrogen) atoms. The first-order valence-corrected chi connectivity index (χ1v) is 7.75. The molecule has 0 aliphatic carbocycles. The Morgan fingerprint density at radius 2 is 1.95 bits per heavy atom. The van der Waals surface area contributed by atoms with Crippen LogP contribution in [0.25, 0.3) is 0 Å². The first-order valence-electron chi connectivity index (χ1n) is 7.75. The SMILES string of the molecule is CCC1NC(=O)CC(C)N(CCCc2ccccc2)C1=O. The zero-order chi connectivity index (χ0) is 15.2. The van der Waals surface area contributed by atoms with Crippen LogP contribution in [0.3, 0.4) is 0 Å². The Morgan fingerprint density at radius 1 is 1.24 bits per heavy atom. The molecule has 2 amide bonds. The molecule has 2 atom stereocenters. The second kappa shape index (κ2) is 7.25. The van der Waals surface area contributed by atoms with Gasteiger partial charge in [0.15, 0.2) is 0 Å². The van der Waals surface area contributed by atoms with Crippen molar-refractivity contribution in [2.75, 3.05) is 6.54 Å². The number of amides is 2. The van der Waals surface area contributed by atoms with E-state index in [-0.39, 0.29) is 23.9 Å². The van der Waals surface area contributed by atoms with Crippen LogP contribution in [0, 0.1) is 0 Å². The summed E-state index contributed by atoms with van der Waals surface area (Å²) in [5, 5.41) is 2.82. The fourth-order valence-corrected chi connectivity index (χ4v) is 2.82. The van der Waals surface area contributed by atoms with E-state index in [4.69, 9.17) is 0 Å². The fourth-order valence-electron chi connectivity index (χ4n) is 2.82. The Labute approximate surface area is 126 Å². The standard InChI is InChI=1S/C17H24N2O2/c1-3-15-17(21)19(13(2)12-16(20)18-15)11-7-10-14-8-5-4-6-9-14/h4-6,8-9,13,15H,3,7,10-12H2,1-2H3,(H,18,20). The molecule has 0 radical (unpaired) electrons. The summed E-state index contributed by atoms with van der Waals surface area (Å²) in [6.07, 6.45) is 2.92. The Kier molecular flexibility index (Phi) is 5.37. The van der Waals surface area contributed by atoms with E-state index >= 15 is 0 Å². The van der Waals surface area contributed by atoms with Crippen LogP contribution in [-0.2, 0) is 16.0 Å². The van der Waals surface area contributed by atoms with Crippen molar-refractivity contribution in [2.45, 2.75) is 51.6 Å². The molecule has 4 heteroatoms. The van der Waals surface area contributed by atoms with E-state index in [1.54, 1.807) is 0 Å². The lowest BCUT2D eigenvalue weighted by Gasteiger charge is -2.28. The molecule has 1 heterocycles. The van der Waals surface area contributed by atoms with Gasteiger partial charge in [0, 0.05) is 19.0 Å². The molecule has 114 valence electrons. The quantitative estimate of drug-likeness (QED) is 0.902. The molecule has 2 rings (SSSR count). The molecule has 1 aromatic rings. The van der Waals surface area contributed by atoms with Gasteiger partial charge in [-0.2, -0.15) is 0 Å². The summed E-state index contributed by atoms with van der Waals surface area (Å²) in [5.41, 5.74) is 1.29. The van der Waals surface area contributed by atoms with Crippen LogP contribution in [0.15, 0.2) is 30.3 Å². The first kappa shape index (κ1) is 15.5. The zero-order valence-electron chi connectivity index (χ0n) is 12.8. The maximum Gasteiger partial charge on any atom is 0.245 e. The molecule has 0 aromatic heterocycles. The van der Waals surface area contributed by atoms with Crippen LogP contribution < -0.4 is 5.32 Å². The van der Waals surface area contributed by atoms with Gasteiger partial charge in [0.2, 0.25) is 11.8 Å². The molecule has 4 nitrogen and oxygen atoms in total. The van der Waals surface area contributed by atoms with Gasteiger partial charge in [-0.1, -0.05) is 37.3 Å². The Morgan fingerprint density at radius 3 is 2.62 bits per heavy atom. The number of hydrogen-bond acceptors (Lipinski definition) is 2. The largest absolute Gasteiger partial charge is 0.344 e. The summed E-state index contributed by atoms with van der Waals surface area (Å²) in [5.74, 6) is 0.0390. The smallest absolute Gasteiger partial charge is 0.245 e. The summed E-state index contributed by atoms with van der Waals surface area (Å²) in [7, 11) is 0. The van der Waals surface area contributed by atoms with Crippen molar-refractivity contribution in [1.29, 1.82) is 0 Å². The maximum atomic E-state index is 12.5. The van der Waals surface area contributed by atoms with E-state index in [1.807, 2.05) is 36.9 Å². The summed E-state index contributed by atoms with van der Waals surface area (Å²) in [6, 6.07) is 9.90. The van der Waals surface area contributed by atoms with Gasteiger partial charge in [0.25, 0.3) is 0 Å². The number of nitrogens with zero attached hydrogens (tertiary/aromatic N) is 1. The molecular weight excluding hydrogens is 264 g/mol. The number of carbonyl (C=O) groups is 2. The molecule has 1 aromatic carbocycles. The molecule has 2 unspecified atom stereocenters. The highest BCUT2D eigenvalue weighted by Crippen LogP contribution is 2.14. The number of benzene rings is 1. The van der Waals surface area contributed by atoms with E-state index in [1.165, 1.54) is 5.56 Å². The third kappa shape index (κ3) is 4.06. The van der Waals surface area contributed by atoms with Crippen LogP contribution in [0.5, 0.6) is 0 Å². The number of rotatable bonds is 5. The van der Waals surface area contributed by atoms with E-state index in [0.29, 0.717) is 19.4 Å². The summed E-state index contributed by atoms with van der Waals surface area (Å²) in [4.78, 5) is 26.1. The summed E-state index contributed by atoms with van der Waals surface area (Å²) in [6.45, 7) is 4.60. The van der Waals surface area contributed by atoms with Gasteiger partial charge >= 0.3 is 0 Å². The molecule has 0 spiro atoms. The molecular formula is C17H24N2O2. The van der Waals surface area contributed by atoms with Gasteiger partial charge in [0.1, 0.15) is 6.04 Å². The van der Waals surface area contributed by atoms with Gasteiger partial charge in [-0.25, -0.2) is 0 Å². The van der Waals surface area contributed by atoms with Crippen molar-refractivity contribution in [3.8, 4) is 0 Å². The molecule has 0 saturated carbocycles. The average Bonchev–Trinajstić information content (AvgIpc) is 2.58. The lowest BCUT2D eigenvalue weighted by atomic mass is 10.1. The van der Waals surface area contributed by atoms with E-state index in [0.717, 1.165) is 12.8 Å². The summed E-state index contributed by atoms with van der Waals surface area (Å²) >= 11 is 0. The number of nitrogens with one attached hydrogen (secondary N) is 1. The number of aryl methyl sites for hydroxylation is 1. The zero-order valence-corrected chi connectivity index (χ0v) is 12.8. The normalized spacial score (nSPS) is 22.9. The number of carbonyl (C=O) groups excluding carboxylic acids is 2. The lowest BCUT2D eigenvalue weighted by Crippen LogP contribution is -2.46. The minimum atomic E-state index is -0.362. The highest BCUT2D eigenvalue weighted by molar-refractivity contribution is 5.90. The van der Waals surface area contributed by atoms with Crippen molar-refractivity contribution < 1.29 is 9.59 Å². The predicted molar refractivity (Wildman–Crippen MR) is 82.8 cm³/mol. The second-order valence-corrected chi connectivity index (χ2v) is 5.70. The van der Waals surface area contributed by atoms with Crippen molar-refractivity contribution in [3.05, 3.63) is 35.9 Å². The van der Waals surface area contributed by atoms with Crippen molar-refractivity contribution in [3.63, 3.8) is 0 Å². The average molecular weight is 288 g/mol. The second-order valence-electron chi connectivity index (χ2n) is 5.70. The highest BCUT2D eigenvalue weighted by Gasteiger charge is 2.32. The van der Waals surface area contributed by atoms with Gasteiger partial charge in [0.05, 0.1) is 0 Å². The van der Waals surface area contributed by atoms with Crippen molar-refractivity contribution in [1.82, 2.24) is 10.2 Å². The Hall–Kier alpha value is -1.84. The molecule has 1 aliphatic rings. The van der Waals surface area contributed by atoms with Crippen LogP contribution in [0.2, 0.25) is 0 Å².